The number of rotatable bonds is 3. The van der Waals surface area contributed by atoms with Crippen LogP contribution in [0.1, 0.15) is 58.9 Å². The number of carbonyl (C=O) groups is 1. The Morgan fingerprint density at radius 2 is 1.93 bits per heavy atom. The zero-order valence-corrected chi connectivity index (χ0v) is 15.1. The Balaban J connectivity index is 1.76. The lowest BCUT2D eigenvalue weighted by atomic mass is 10.1. The van der Waals surface area contributed by atoms with Gasteiger partial charge in [-0.2, -0.15) is 18.3 Å². The second-order valence-electron chi connectivity index (χ2n) is 7.06. The number of fused-ring (bicyclic) bond motifs is 1. The quantitative estimate of drug-likeness (QED) is 0.538. The summed E-state index contributed by atoms with van der Waals surface area (Å²) in [5.41, 5.74) is -2.60. The fourth-order valence-corrected chi connectivity index (χ4v) is 3.72. The second-order valence-corrected chi connectivity index (χ2v) is 7.06. The van der Waals surface area contributed by atoms with Gasteiger partial charge in [-0.25, -0.2) is 18.3 Å². The van der Waals surface area contributed by atoms with Crippen LogP contribution in [-0.4, -0.2) is 28.3 Å². The van der Waals surface area contributed by atoms with Gasteiger partial charge in [0.05, 0.1) is 23.2 Å². The number of halogens is 5. The maximum atomic E-state index is 14.7. The Bertz CT molecular complexity index is 905. The topological polar surface area (TPSA) is 53.3 Å². The molecule has 1 aromatic carbocycles. The molecule has 0 amide bonds. The number of nitrogens with zero attached hydrogens (tertiary/aromatic N) is 2. The summed E-state index contributed by atoms with van der Waals surface area (Å²) in [4.78, 5) is 12.3. The van der Waals surface area contributed by atoms with Crippen LogP contribution in [0.5, 0.6) is 0 Å². The molecule has 2 heterocycles. The van der Waals surface area contributed by atoms with E-state index in [0.29, 0.717) is 19.4 Å². The summed E-state index contributed by atoms with van der Waals surface area (Å²) in [7, 11) is 0. The number of esters is 1. The summed E-state index contributed by atoms with van der Waals surface area (Å²) < 4.78 is 81.5. The Morgan fingerprint density at radius 1 is 1.21 bits per heavy atom. The van der Waals surface area contributed by atoms with Gasteiger partial charge < -0.3 is 9.47 Å². The van der Waals surface area contributed by atoms with Crippen molar-refractivity contribution >= 4 is 5.97 Å². The molecule has 1 aliphatic heterocycles. The molecule has 1 unspecified atom stereocenters. The van der Waals surface area contributed by atoms with Gasteiger partial charge in [-0.1, -0.05) is 18.2 Å². The van der Waals surface area contributed by atoms with Gasteiger partial charge in [0, 0.05) is 6.61 Å². The average molecular weight is 416 g/mol. The Labute approximate surface area is 162 Å². The van der Waals surface area contributed by atoms with Gasteiger partial charge in [-0.05, 0) is 31.4 Å². The van der Waals surface area contributed by atoms with E-state index in [1.54, 1.807) is 6.07 Å². The maximum Gasteiger partial charge on any atom is 0.435 e. The maximum absolute atomic E-state index is 14.7. The molecule has 1 saturated heterocycles. The number of carbonyl (C=O) groups excluding carboxylic acids is 1. The normalized spacial score (nSPS) is 23.6. The van der Waals surface area contributed by atoms with Crippen molar-refractivity contribution in [1.82, 2.24) is 9.78 Å². The molecule has 0 saturated carbocycles. The van der Waals surface area contributed by atoms with E-state index >= 15 is 0 Å². The van der Waals surface area contributed by atoms with E-state index in [0.717, 1.165) is 11.1 Å². The summed E-state index contributed by atoms with van der Waals surface area (Å²) in [6.07, 6.45) is -7.44. The molecular formula is C19H17F5N2O3. The minimum Gasteiger partial charge on any atom is -0.447 e. The molecule has 2 atom stereocenters. The minimum atomic E-state index is -4.98. The van der Waals surface area contributed by atoms with Crippen molar-refractivity contribution in [2.45, 2.75) is 50.1 Å². The first-order valence-corrected chi connectivity index (χ1v) is 9.12. The lowest BCUT2D eigenvalue weighted by Gasteiger charge is -2.25. The van der Waals surface area contributed by atoms with Gasteiger partial charge in [-0.3, -0.25) is 0 Å². The van der Waals surface area contributed by atoms with Crippen LogP contribution in [0.4, 0.5) is 22.0 Å². The molecule has 2 aliphatic rings. The van der Waals surface area contributed by atoms with Crippen LogP contribution in [-0.2, 0) is 22.1 Å². The molecular weight excluding hydrogens is 399 g/mol. The Kier molecular flexibility index (Phi) is 4.84. The molecule has 4 rings (SSSR count). The van der Waals surface area contributed by atoms with Crippen molar-refractivity contribution in [2.75, 3.05) is 6.61 Å². The summed E-state index contributed by atoms with van der Waals surface area (Å²) in [5, 5.41) is 3.56. The average Bonchev–Trinajstić information content (AvgIpc) is 3.16. The van der Waals surface area contributed by atoms with Crippen molar-refractivity contribution in [2.24, 2.45) is 0 Å². The van der Waals surface area contributed by atoms with Gasteiger partial charge in [0.2, 0.25) is 0 Å². The number of benzene rings is 1. The summed E-state index contributed by atoms with van der Waals surface area (Å²) in [5.74, 6) is -4.83. The first-order chi connectivity index (χ1) is 13.7. The molecule has 0 N–H and O–H groups in total. The Morgan fingerprint density at radius 3 is 2.55 bits per heavy atom. The van der Waals surface area contributed by atoms with Gasteiger partial charge in [0.25, 0.3) is 5.92 Å². The van der Waals surface area contributed by atoms with E-state index in [2.05, 4.69) is 5.10 Å². The van der Waals surface area contributed by atoms with Crippen molar-refractivity contribution in [3.8, 4) is 0 Å². The highest BCUT2D eigenvalue weighted by Crippen LogP contribution is 2.51. The number of aromatic nitrogens is 2. The van der Waals surface area contributed by atoms with Crippen LogP contribution in [0.25, 0.3) is 0 Å². The van der Waals surface area contributed by atoms with E-state index in [4.69, 9.17) is 9.47 Å². The smallest absolute Gasteiger partial charge is 0.435 e. The van der Waals surface area contributed by atoms with Crippen molar-refractivity contribution < 1.29 is 36.2 Å². The number of alkyl halides is 5. The SMILES string of the molecule is O=C(O[C@H]1c2c(C(F)(F)F)nn(C3CCCCO3)c2CC1(F)F)c1ccccc1. The summed E-state index contributed by atoms with van der Waals surface area (Å²) in [6.45, 7) is 0.309. The lowest BCUT2D eigenvalue weighted by molar-refractivity contribution is -0.148. The predicted octanol–water partition coefficient (Wildman–Crippen LogP) is 4.69. The van der Waals surface area contributed by atoms with E-state index in [-0.39, 0.29) is 11.3 Å². The predicted molar refractivity (Wildman–Crippen MR) is 89.3 cm³/mol. The molecule has 29 heavy (non-hydrogen) atoms. The summed E-state index contributed by atoms with van der Waals surface area (Å²) >= 11 is 0. The van der Waals surface area contributed by atoms with Crippen molar-refractivity contribution in [3.05, 3.63) is 52.8 Å². The number of ether oxygens (including phenoxy) is 2. The Hall–Kier alpha value is -2.49. The van der Waals surface area contributed by atoms with E-state index in [1.807, 2.05) is 0 Å². The third-order valence-corrected chi connectivity index (χ3v) is 5.03. The van der Waals surface area contributed by atoms with Crippen LogP contribution in [0.3, 0.4) is 0 Å². The minimum absolute atomic E-state index is 0.0340. The van der Waals surface area contributed by atoms with Crippen LogP contribution >= 0.6 is 0 Å². The van der Waals surface area contributed by atoms with Crippen molar-refractivity contribution in [3.63, 3.8) is 0 Å². The van der Waals surface area contributed by atoms with Gasteiger partial charge in [0.1, 0.15) is 6.23 Å². The van der Waals surface area contributed by atoms with E-state index in [9.17, 15) is 26.7 Å². The molecule has 1 aromatic heterocycles. The largest absolute Gasteiger partial charge is 0.447 e. The molecule has 156 valence electrons. The highest BCUT2D eigenvalue weighted by atomic mass is 19.4. The molecule has 1 aliphatic carbocycles. The first kappa shape index (κ1) is 19.8. The van der Waals surface area contributed by atoms with Crippen LogP contribution < -0.4 is 0 Å². The molecule has 1 fully saturated rings. The fraction of sp³-hybridized carbons (Fsp3) is 0.474. The van der Waals surface area contributed by atoms with Crippen LogP contribution in [0.2, 0.25) is 0 Å². The highest BCUT2D eigenvalue weighted by molar-refractivity contribution is 5.89. The summed E-state index contributed by atoms with van der Waals surface area (Å²) in [6, 6.07) is 7.26. The number of hydrogen-bond acceptors (Lipinski definition) is 4. The molecule has 2 aromatic rings. The molecule has 0 radical (unpaired) electrons. The highest BCUT2D eigenvalue weighted by Gasteiger charge is 2.58. The zero-order chi connectivity index (χ0) is 20.8. The van der Waals surface area contributed by atoms with Crippen LogP contribution in [0.15, 0.2) is 30.3 Å². The van der Waals surface area contributed by atoms with Gasteiger partial charge in [-0.15, -0.1) is 0 Å². The molecule has 10 heteroatoms. The van der Waals surface area contributed by atoms with E-state index < -0.39 is 48.1 Å². The standard InChI is InChI=1S/C19H17F5N2O3/c20-18(21)10-12-14(16(18)29-17(27)11-6-2-1-3-7-11)15(19(22,23)24)25-26(12)13-8-4-5-9-28-13/h1-3,6-7,13,16H,4-5,8-10H2/t13?,16-/m0/s1. The van der Waals surface area contributed by atoms with Gasteiger partial charge in [0.15, 0.2) is 11.8 Å². The zero-order valence-electron chi connectivity index (χ0n) is 15.1. The van der Waals surface area contributed by atoms with Gasteiger partial charge >= 0.3 is 12.1 Å². The van der Waals surface area contributed by atoms with E-state index in [1.165, 1.54) is 24.3 Å². The number of hydrogen-bond donors (Lipinski definition) is 0. The fourth-order valence-electron chi connectivity index (χ4n) is 3.72. The monoisotopic (exact) mass is 416 g/mol. The van der Waals surface area contributed by atoms with Crippen molar-refractivity contribution in [1.29, 1.82) is 0 Å². The van der Waals surface area contributed by atoms with Crippen LogP contribution in [0, 0.1) is 0 Å². The molecule has 0 spiro atoms. The lowest BCUT2D eigenvalue weighted by Crippen LogP contribution is -2.29. The third-order valence-electron chi connectivity index (χ3n) is 5.03. The molecule has 0 bridgehead atoms. The first-order valence-electron chi connectivity index (χ1n) is 9.12. The third kappa shape index (κ3) is 3.61. The second kappa shape index (κ2) is 7.08. The molecule has 5 nitrogen and oxygen atoms in total.